The van der Waals surface area contributed by atoms with Crippen LogP contribution in [0.25, 0.3) is 0 Å². The third kappa shape index (κ3) is 3.07. The maximum atomic E-state index is 12.8. The highest BCUT2D eigenvalue weighted by atomic mass is 32.2. The average Bonchev–Trinajstić information content (AvgIpc) is 2.55. The van der Waals surface area contributed by atoms with Crippen LogP contribution in [0.5, 0.6) is 5.75 Å². The molecule has 7 heteroatoms. The summed E-state index contributed by atoms with van der Waals surface area (Å²) in [6, 6.07) is 4.67. The summed E-state index contributed by atoms with van der Waals surface area (Å²) >= 11 is 0. The number of carbonyl (C=O) groups is 1. The Kier molecular flexibility index (Phi) is 4.33. The first kappa shape index (κ1) is 16.3. The van der Waals surface area contributed by atoms with Crippen molar-refractivity contribution in [2.24, 2.45) is 0 Å². The first-order chi connectivity index (χ1) is 10.9. The first-order valence-corrected chi connectivity index (χ1v) is 9.43. The number of nitrogens with one attached hydrogen (secondary N) is 1. The molecule has 1 saturated carbocycles. The number of fused-ring (bicyclic) bond motifs is 1. The molecule has 0 radical (unpaired) electrons. The van der Waals surface area contributed by atoms with Gasteiger partial charge in [-0.3, -0.25) is 4.79 Å². The lowest BCUT2D eigenvalue weighted by Gasteiger charge is -2.31. The van der Waals surface area contributed by atoms with Gasteiger partial charge in [-0.1, -0.05) is 19.3 Å². The Bertz CT molecular complexity index is 711. The van der Waals surface area contributed by atoms with E-state index in [1.165, 1.54) is 22.9 Å². The summed E-state index contributed by atoms with van der Waals surface area (Å²) in [7, 11) is -1.94. The molecule has 0 spiro atoms. The van der Waals surface area contributed by atoms with Gasteiger partial charge in [0.05, 0.1) is 10.6 Å². The molecule has 1 unspecified atom stereocenters. The van der Waals surface area contributed by atoms with Crippen molar-refractivity contribution >= 4 is 21.6 Å². The lowest BCUT2D eigenvalue weighted by Crippen LogP contribution is -2.38. The van der Waals surface area contributed by atoms with Crippen LogP contribution in [-0.2, 0) is 14.8 Å². The van der Waals surface area contributed by atoms with Crippen molar-refractivity contribution in [2.45, 2.75) is 56.1 Å². The number of hydrogen-bond acceptors (Lipinski definition) is 4. The molecule has 1 aromatic rings. The van der Waals surface area contributed by atoms with E-state index in [-0.39, 0.29) is 16.8 Å². The molecule has 1 fully saturated rings. The number of nitrogens with zero attached hydrogens (tertiary/aromatic N) is 1. The van der Waals surface area contributed by atoms with Crippen LogP contribution >= 0.6 is 0 Å². The van der Waals surface area contributed by atoms with Gasteiger partial charge in [0, 0.05) is 13.1 Å². The minimum atomic E-state index is -3.58. The molecular formula is C16H22N2O4S. The minimum Gasteiger partial charge on any atom is -0.479 e. The molecule has 1 aromatic carbocycles. The van der Waals surface area contributed by atoms with Gasteiger partial charge in [-0.05, 0) is 38.0 Å². The fourth-order valence-corrected chi connectivity index (χ4v) is 4.60. The predicted octanol–water partition coefficient (Wildman–Crippen LogP) is 2.36. The lowest BCUT2D eigenvalue weighted by molar-refractivity contribution is -0.122. The van der Waals surface area contributed by atoms with Crippen LogP contribution in [0.2, 0.25) is 0 Å². The number of anilines is 1. The van der Waals surface area contributed by atoms with E-state index in [0.717, 1.165) is 25.7 Å². The molecule has 1 heterocycles. The van der Waals surface area contributed by atoms with Gasteiger partial charge < -0.3 is 10.1 Å². The number of sulfonamides is 1. The number of carbonyl (C=O) groups excluding carboxylic acids is 1. The van der Waals surface area contributed by atoms with E-state index in [0.29, 0.717) is 11.4 Å². The molecule has 3 rings (SSSR count). The van der Waals surface area contributed by atoms with Gasteiger partial charge in [-0.25, -0.2) is 8.42 Å². The van der Waals surface area contributed by atoms with Crippen LogP contribution in [0.4, 0.5) is 5.69 Å². The molecule has 1 amide bonds. The Morgan fingerprint density at radius 2 is 1.91 bits per heavy atom. The molecular weight excluding hydrogens is 316 g/mol. The Morgan fingerprint density at radius 1 is 1.22 bits per heavy atom. The van der Waals surface area contributed by atoms with Crippen molar-refractivity contribution in [3.05, 3.63) is 18.2 Å². The van der Waals surface area contributed by atoms with E-state index in [1.54, 1.807) is 20.0 Å². The van der Waals surface area contributed by atoms with Crippen LogP contribution < -0.4 is 10.1 Å². The standard InChI is InChI=1S/C16H22N2O4S/c1-11-16(19)17-14-10-13(8-9-15(14)22-11)23(20,21)18(2)12-6-4-3-5-7-12/h8-12H,3-7H2,1-2H3,(H,17,19). The zero-order chi connectivity index (χ0) is 16.6. The van der Waals surface area contributed by atoms with Gasteiger partial charge >= 0.3 is 0 Å². The van der Waals surface area contributed by atoms with Crippen molar-refractivity contribution in [3.63, 3.8) is 0 Å². The quantitative estimate of drug-likeness (QED) is 0.918. The topological polar surface area (TPSA) is 75.7 Å². The maximum absolute atomic E-state index is 12.8. The van der Waals surface area contributed by atoms with Gasteiger partial charge in [-0.2, -0.15) is 4.31 Å². The van der Waals surface area contributed by atoms with E-state index in [2.05, 4.69) is 5.32 Å². The van der Waals surface area contributed by atoms with Crippen LogP contribution in [0.15, 0.2) is 23.1 Å². The number of ether oxygens (including phenoxy) is 1. The highest BCUT2D eigenvalue weighted by Gasteiger charge is 2.31. The Labute approximate surface area is 136 Å². The van der Waals surface area contributed by atoms with Gasteiger partial charge in [0.2, 0.25) is 10.0 Å². The van der Waals surface area contributed by atoms with Crippen LogP contribution in [-0.4, -0.2) is 37.8 Å². The molecule has 1 N–H and O–H groups in total. The smallest absolute Gasteiger partial charge is 0.265 e. The molecule has 0 aromatic heterocycles. The largest absolute Gasteiger partial charge is 0.479 e. The molecule has 126 valence electrons. The van der Waals surface area contributed by atoms with Crippen molar-refractivity contribution in [3.8, 4) is 5.75 Å². The second-order valence-electron chi connectivity index (χ2n) is 6.22. The van der Waals surface area contributed by atoms with Crippen LogP contribution in [0.3, 0.4) is 0 Å². The Morgan fingerprint density at radius 3 is 2.61 bits per heavy atom. The number of rotatable bonds is 3. The second kappa shape index (κ2) is 6.13. The van der Waals surface area contributed by atoms with Crippen LogP contribution in [0.1, 0.15) is 39.0 Å². The fourth-order valence-electron chi connectivity index (χ4n) is 3.16. The van der Waals surface area contributed by atoms with E-state index < -0.39 is 16.1 Å². The summed E-state index contributed by atoms with van der Waals surface area (Å²) in [5.74, 6) is 0.226. The summed E-state index contributed by atoms with van der Waals surface area (Å²) in [6.45, 7) is 1.65. The number of amides is 1. The summed E-state index contributed by atoms with van der Waals surface area (Å²) in [6.07, 6.45) is 4.53. The third-order valence-corrected chi connectivity index (χ3v) is 6.55. The highest BCUT2D eigenvalue weighted by molar-refractivity contribution is 7.89. The third-order valence-electron chi connectivity index (χ3n) is 4.65. The van der Waals surface area contributed by atoms with Crippen molar-refractivity contribution in [2.75, 3.05) is 12.4 Å². The zero-order valence-electron chi connectivity index (χ0n) is 13.4. The van der Waals surface area contributed by atoms with Gasteiger partial charge in [0.15, 0.2) is 6.10 Å². The van der Waals surface area contributed by atoms with Gasteiger partial charge in [-0.15, -0.1) is 0 Å². The molecule has 2 aliphatic rings. The summed E-state index contributed by atoms with van der Waals surface area (Å²) in [5, 5.41) is 2.69. The molecule has 0 bridgehead atoms. The average molecular weight is 338 g/mol. The minimum absolute atomic E-state index is 0.0515. The molecule has 1 atom stereocenters. The molecule has 0 saturated heterocycles. The molecule has 1 aliphatic carbocycles. The van der Waals surface area contributed by atoms with E-state index in [4.69, 9.17) is 4.74 Å². The van der Waals surface area contributed by atoms with Crippen LogP contribution in [0, 0.1) is 0 Å². The van der Waals surface area contributed by atoms with Crippen molar-refractivity contribution in [1.82, 2.24) is 4.31 Å². The van der Waals surface area contributed by atoms with Gasteiger partial charge in [0.25, 0.3) is 5.91 Å². The van der Waals surface area contributed by atoms with Crippen molar-refractivity contribution < 1.29 is 17.9 Å². The monoisotopic (exact) mass is 338 g/mol. The maximum Gasteiger partial charge on any atom is 0.265 e. The number of hydrogen-bond donors (Lipinski definition) is 1. The van der Waals surface area contributed by atoms with Crippen molar-refractivity contribution in [1.29, 1.82) is 0 Å². The normalized spacial score (nSPS) is 22.4. The van der Waals surface area contributed by atoms with E-state index in [1.807, 2.05) is 0 Å². The van der Waals surface area contributed by atoms with E-state index in [9.17, 15) is 13.2 Å². The molecule has 1 aliphatic heterocycles. The Hall–Kier alpha value is -1.60. The molecule has 23 heavy (non-hydrogen) atoms. The summed E-state index contributed by atoms with van der Waals surface area (Å²) in [5.41, 5.74) is 0.409. The zero-order valence-corrected chi connectivity index (χ0v) is 14.2. The Balaban J connectivity index is 1.88. The predicted molar refractivity (Wildman–Crippen MR) is 87.0 cm³/mol. The second-order valence-corrected chi connectivity index (χ2v) is 8.22. The lowest BCUT2D eigenvalue weighted by atomic mass is 9.96. The summed E-state index contributed by atoms with van der Waals surface area (Å²) < 4.78 is 32.6. The SMILES string of the molecule is CC1Oc2ccc(S(=O)(=O)N(C)C3CCCCC3)cc2NC1=O. The number of benzene rings is 1. The first-order valence-electron chi connectivity index (χ1n) is 7.99. The highest BCUT2D eigenvalue weighted by Crippen LogP contribution is 2.33. The van der Waals surface area contributed by atoms with Gasteiger partial charge in [0.1, 0.15) is 5.75 Å². The summed E-state index contributed by atoms with van der Waals surface area (Å²) in [4.78, 5) is 11.9. The fraction of sp³-hybridized carbons (Fsp3) is 0.562. The molecule has 6 nitrogen and oxygen atoms in total. The van der Waals surface area contributed by atoms with E-state index >= 15 is 0 Å².